The Morgan fingerprint density at radius 3 is 2.70 bits per heavy atom. The second-order valence-electron chi connectivity index (χ2n) is 5.08. The summed E-state index contributed by atoms with van der Waals surface area (Å²) in [6.45, 7) is 1.37. The highest BCUT2D eigenvalue weighted by atomic mass is 19.1. The molecule has 0 bridgehead atoms. The third-order valence-electron chi connectivity index (χ3n) is 3.44. The topological polar surface area (TPSA) is 56.5 Å². The van der Waals surface area contributed by atoms with Gasteiger partial charge in [-0.25, -0.2) is 9.18 Å². The predicted octanol–water partition coefficient (Wildman–Crippen LogP) is 3.71. The van der Waals surface area contributed by atoms with Crippen LogP contribution in [0.1, 0.15) is 22.8 Å². The summed E-state index contributed by atoms with van der Waals surface area (Å²) >= 11 is 0. The van der Waals surface area contributed by atoms with Crippen molar-refractivity contribution in [2.24, 2.45) is 0 Å². The van der Waals surface area contributed by atoms with Crippen molar-refractivity contribution in [2.45, 2.75) is 13.5 Å². The summed E-state index contributed by atoms with van der Waals surface area (Å²) in [5, 5.41) is 0.619. The fourth-order valence-electron chi connectivity index (χ4n) is 2.20. The molecule has 0 saturated carbocycles. The van der Waals surface area contributed by atoms with Gasteiger partial charge in [-0.2, -0.15) is 0 Å². The third kappa shape index (κ3) is 3.13. The first-order valence-corrected chi connectivity index (χ1v) is 6.99. The number of halogens is 1. The monoisotopic (exact) mass is 312 g/mol. The van der Waals surface area contributed by atoms with Gasteiger partial charge in [-0.3, -0.25) is 4.79 Å². The van der Waals surface area contributed by atoms with E-state index in [1.807, 2.05) is 0 Å². The molecule has 0 spiro atoms. The Bertz CT molecular complexity index is 943. The molecular formula is C18H13FO4. The Labute approximate surface area is 131 Å². The van der Waals surface area contributed by atoms with Crippen LogP contribution in [0.4, 0.5) is 4.39 Å². The van der Waals surface area contributed by atoms with Gasteiger partial charge in [0.1, 0.15) is 29.3 Å². The van der Waals surface area contributed by atoms with Gasteiger partial charge in [-0.1, -0.05) is 18.2 Å². The van der Waals surface area contributed by atoms with Crippen LogP contribution in [-0.2, 0) is 6.61 Å². The summed E-state index contributed by atoms with van der Waals surface area (Å²) in [7, 11) is 0. The van der Waals surface area contributed by atoms with Crippen LogP contribution in [0.2, 0.25) is 0 Å². The van der Waals surface area contributed by atoms with Crippen molar-refractivity contribution in [3.05, 3.63) is 75.9 Å². The number of carbonyl (C=O) groups is 1. The van der Waals surface area contributed by atoms with Gasteiger partial charge in [0, 0.05) is 17.0 Å². The molecule has 0 fully saturated rings. The second-order valence-corrected chi connectivity index (χ2v) is 5.08. The first-order valence-electron chi connectivity index (χ1n) is 6.99. The first kappa shape index (κ1) is 15.0. The molecule has 0 saturated heterocycles. The van der Waals surface area contributed by atoms with Gasteiger partial charge in [0.15, 0.2) is 5.78 Å². The lowest BCUT2D eigenvalue weighted by Gasteiger charge is -2.08. The van der Waals surface area contributed by atoms with E-state index in [9.17, 15) is 14.0 Å². The van der Waals surface area contributed by atoms with E-state index in [0.29, 0.717) is 22.3 Å². The quantitative estimate of drug-likeness (QED) is 0.544. The minimum absolute atomic E-state index is 0.0116. The van der Waals surface area contributed by atoms with E-state index in [0.717, 1.165) is 0 Å². The van der Waals surface area contributed by atoms with Gasteiger partial charge in [0.25, 0.3) is 0 Å². The van der Waals surface area contributed by atoms with Gasteiger partial charge >= 0.3 is 5.63 Å². The summed E-state index contributed by atoms with van der Waals surface area (Å²) < 4.78 is 24.2. The molecular weight excluding hydrogens is 299 g/mol. The summed E-state index contributed by atoms with van der Waals surface area (Å²) in [5.74, 6) is -0.245. The molecule has 2 aromatic carbocycles. The van der Waals surface area contributed by atoms with Crippen LogP contribution in [0, 0.1) is 5.82 Å². The van der Waals surface area contributed by atoms with E-state index in [-0.39, 0.29) is 23.8 Å². The lowest BCUT2D eigenvalue weighted by atomic mass is 10.1. The highest BCUT2D eigenvalue weighted by Gasteiger charge is 2.10. The fraction of sp³-hybridized carbons (Fsp3) is 0.111. The standard InChI is InChI=1S/C18H13FO4/c1-11(20)15-8-12-6-7-14(9-17(12)23-18(15)21)22-10-13-4-2-3-5-16(13)19/h2-9H,10H2,1H3. The van der Waals surface area contributed by atoms with Crippen molar-refractivity contribution in [3.8, 4) is 5.75 Å². The van der Waals surface area contributed by atoms with Crippen molar-refractivity contribution < 1.29 is 18.3 Å². The molecule has 0 N–H and O–H groups in total. The smallest absolute Gasteiger partial charge is 0.347 e. The van der Waals surface area contributed by atoms with Gasteiger partial charge in [-0.15, -0.1) is 0 Å². The molecule has 1 aromatic heterocycles. The molecule has 0 amide bonds. The molecule has 0 aliphatic rings. The molecule has 5 heteroatoms. The van der Waals surface area contributed by atoms with E-state index in [1.165, 1.54) is 19.1 Å². The van der Waals surface area contributed by atoms with E-state index in [4.69, 9.17) is 9.15 Å². The SMILES string of the molecule is CC(=O)c1cc2ccc(OCc3ccccc3F)cc2oc1=O. The largest absolute Gasteiger partial charge is 0.489 e. The number of Topliss-reactive ketones (excluding diaryl/α,β-unsaturated/α-hetero) is 1. The van der Waals surface area contributed by atoms with E-state index in [1.54, 1.807) is 36.4 Å². The summed E-state index contributed by atoms with van der Waals surface area (Å²) in [6, 6.07) is 12.7. The molecule has 0 unspecified atom stereocenters. The summed E-state index contributed by atoms with van der Waals surface area (Å²) in [4.78, 5) is 23.1. The van der Waals surface area contributed by atoms with Crippen LogP contribution in [0.5, 0.6) is 5.75 Å². The van der Waals surface area contributed by atoms with Crippen LogP contribution in [0.3, 0.4) is 0 Å². The number of ketones is 1. The molecule has 0 atom stereocenters. The highest BCUT2D eigenvalue weighted by molar-refractivity contribution is 5.96. The maximum absolute atomic E-state index is 13.5. The van der Waals surface area contributed by atoms with Gasteiger partial charge in [0.05, 0.1) is 0 Å². The highest BCUT2D eigenvalue weighted by Crippen LogP contribution is 2.22. The van der Waals surface area contributed by atoms with Crippen LogP contribution in [0.15, 0.2) is 57.7 Å². The number of hydrogen-bond donors (Lipinski definition) is 0. The van der Waals surface area contributed by atoms with Gasteiger partial charge in [-0.05, 0) is 31.2 Å². The Morgan fingerprint density at radius 1 is 1.17 bits per heavy atom. The number of ether oxygens (including phenoxy) is 1. The lowest BCUT2D eigenvalue weighted by Crippen LogP contribution is -2.10. The number of fused-ring (bicyclic) bond motifs is 1. The van der Waals surface area contributed by atoms with Crippen LogP contribution < -0.4 is 10.4 Å². The molecule has 3 aromatic rings. The van der Waals surface area contributed by atoms with Crippen molar-refractivity contribution in [3.63, 3.8) is 0 Å². The zero-order valence-electron chi connectivity index (χ0n) is 12.3. The third-order valence-corrected chi connectivity index (χ3v) is 3.44. The van der Waals surface area contributed by atoms with Crippen molar-refractivity contribution in [1.82, 2.24) is 0 Å². The Balaban J connectivity index is 1.88. The van der Waals surface area contributed by atoms with E-state index >= 15 is 0 Å². The van der Waals surface area contributed by atoms with E-state index < -0.39 is 5.63 Å². The Hall–Kier alpha value is -2.95. The van der Waals surface area contributed by atoms with Crippen molar-refractivity contribution >= 4 is 16.8 Å². The number of carbonyl (C=O) groups excluding carboxylic acids is 1. The van der Waals surface area contributed by atoms with Crippen molar-refractivity contribution in [2.75, 3.05) is 0 Å². The summed E-state index contributed by atoms with van der Waals surface area (Å²) in [6.07, 6.45) is 0. The average molecular weight is 312 g/mol. The molecule has 4 nitrogen and oxygen atoms in total. The lowest BCUT2D eigenvalue weighted by molar-refractivity contribution is 0.101. The maximum atomic E-state index is 13.5. The zero-order valence-corrected chi connectivity index (χ0v) is 12.3. The minimum Gasteiger partial charge on any atom is -0.489 e. The molecule has 1 heterocycles. The Kier molecular flexibility index (Phi) is 3.93. The zero-order chi connectivity index (χ0) is 16.4. The van der Waals surface area contributed by atoms with Crippen LogP contribution >= 0.6 is 0 Å². The molecule has 0 aliphatic carbocycles. The number of rotatable bonds is 4. The molecule has 0 radical (unpaired) electrons. The van der Waals surface area contributed by atoms with Crippen molar-refractivity contribution in [1.29, 1.82) is 0 Å². The van der Waals surface area contributed by atoms with Gasteiger partial charge in [0.2, 0.25) is 0 Å². The predicted molar refractivity (Wildman–Crippen MR) is 83.2 cm³/mol. The molecule has 0 aliphatic heterocycles. The average Bonchev–Trinajstić information content (AvgIpc) is 2.53. The van der Waals surface area contributed by atoms with Gasteiger partial charge < -0.3 is 9.15 Å². The number of hydrogen-bond acceptors (Lipinski definition) is 4. The molecule has 3 rings (SSSR count). The molecule has 116 valence electrons. The fourth-order valence-corrected chi connectivity index (χ4v) is 2.20. The second kappa shape index (κ2) is 6.04. The van der Waals surface area contributed by atoms with Crippen LogP contribution in [0.25, 0.3) is 11.0 Å². The number of benzene rings is 2. The summed E-state index contributed by atoms with van der Waals surface area (Å²) in [5.41, 5.74) is 0.0702. The Morgan fingerprint density at radius 2 is 1.96 bits per heavy atom. The minimum atomic E-state index is -0.684. The van der Waals surface area contributed by atoms with Crippen LogP contribution in [-0.4, -0.2) is 5.78 Å². The van der Waals surface area contributed by atoms with E-state index in [2.05, 4.69) is 0 Å². The maximum Gasteiger partial charge on any atom is 0.347 e. The normalized spacial score (nSPS) is 10.7. The molecule has 23 heavy (non-hydrogen) atoms. The first-order chi connectivity index (χ1) is 11.0.